The van der Waals surface area contributed by atoms with Crippen LogP contribution in [0.25, 0.3) is 0 Å². The van der Waals surface area contributed by atoms with Crippen LogP contribution < -0.4 is 0 Å². The zero-order valence-corrected chi connectivity index (χ0v) is 15.8. The summed E-state index contributed by atoms with van der Waals surface area (Å²) in [6.07, 6.45) is 0. The fourth-order valence-electron chi connectivity index (χ4n) is 3.21. The molecule has 0 bridgehead atoms. The van der Waals surface area contributed by atoms with Gasteiger partial charge in [-0.2, -0.15) is 0 Å². The molecular formula is C24H24O4. The van der Waals surface area contributed by atoms with Gasteiger partial charge in [-0.3, -0.25) is 4.79 Å². The Balaban J connectivity index is 2.21. The first-order valence-electron chi connectivity index (χ1n) is 9.18. The van der Waals surface area contributed by atoms with Gasteiger partial charge in [0.1, 0.15) is 11.0 Å². The summed E-state index contributed by atoms with van der Waals surface area (Å²) in [5.74, 6) is -1.10. The van der Waals surface area contributed by atoms with Crippen molar-refractivity contribution in [2.75, 3.05) is 13.2 Å². The summed E-state index contributed by atoms with van der Waals surface area (Å²) in [7, 11) is 0. The molecule has 0 radical (unpaired) electrons. The van der Waals surface area contributed by atoms with Crippen LogP contribution in [0.5, 0.6) is 0 Å². The standard InChI is InChI=1S/C24H24O4/c1-23(17-25,22(26)27)18-28-24(19-11-5-2-6-12-19,20-13-7-3-8-14-20)21-15-9-4-10-16-21/h2-16,25H,17-18H2,1H3,(H,26,27)/t23-/m1/s1. The third-order valence-electron chi connectivity index (χ3n) is 5.01. The van der Waals surface area contributed by atoms with Crippen molar-refractivity contribution < 1.29 is 19.7 Å². The smallest absolute Gasteiger partial charge is 0.314 e. The number of rotatable bonds is 8. The largest absolute Gasteiger partial charge is 0.481 e. The van der Waals surface area contributed by atoms with Crippen LogP contribution in [0.2, 0.25) is 0 Å². The van der Waals surface area contributed by atoms with Gasteiger partial charge >= 0.3 is 5.97 Å². The Hall–Kier alpha value is -2.95. The van der Waals surface area contributed by atoms with E-state index in [1.54, 1.807) is 0 Å². The lowest BCUT2D eigenvalue weighted by Gasteiger charge is -2.38. The van der Waals surface area contributed by atoms with Crippen molar-refractivity contribution in [2.24, 2.45) is 5.41 Å². The number of aliphatic carboxylic acids is 1. The number of carbonyl (C=O) groups is 1. The molecule has 1 atom stereocenters. The SMILES string of the molecule is C[C@@](CO)(COC(c1ccccc1)(c1ccccc1)c1ccccc1)C(=O)O. The van der Waals surface area contributed by atoms with E-state index in [0.29, 0.717) is 0 Å². The van der Waals surface area contributed by atoms with Gasteiger partial charge in [0.05, 0.1) is 13.2 Å². The summed E-state index contributed by atoms with van der Waals surface area (Å²) >= 11 is 0. The quantitative estimate of drug-likeness (QED) is 0.582. The van der Waals surface area contributed by atoms with Gasteiger partial charge in [-0.15, -0.1) is 0 Å². The van der Waals surface area contributed by atoms with E-state index in [4.69, 9.17) is 4.74 Å². The predicted octanol–water partition coefficient (Wildman–Crippen LogP) is 4.08. The van der Waals surface area contributed by atoms with E-state index in [0.717, 1.165) is 16.7 Å². The van der Waals surface area contributed by atoms with Crippen LogP contribution in [-0.2, 0) is 15.1 Å². The molecule has 0 aliphatic heterocycles. The minimum absolute atomic E-state index is 0.155. The Morgan fingerprint density at radius 3 is 1.43 bits per heavy atom. The maximum atomic E-state index is 11.7. The first kappa shape index (κ1) is 19.8. The second-order valence-electron chi connectivity index (χ2n) is 7.09. The molecule has 0 heterocycles. The van der Waals surface area contributed by atoms with Crippen LogP contribution >= 0.6 is 0 Å². The zero-order chi connectivity index (χ0) is 20.0. The average Bonchev–Trinajstić information content (AvgIpc) is 2.76. The molecule has 0 unspecified atom stereocenters. The van der Waals surface area contributed by atoms with E-state index < -0.39 is 23.6 Å². The summed E-state index contributed by atoms with van der Waals surface area (Å²) in [4.78, 5) is 11.7. The Labute approximate surface area is 165 Å². The number of hydrogen-bond donors (Lipinski definition) is 2. The molecule has 0 aromatic heterocycles. The predicted molar refractivity (Wildman–Crippen MR) is 108 cm³/mol. The monoisotopic (exact) mass is 376 g/mol. The summed E-state index contributed by atoms with van der Waals surface area (Å²) in [6.45, 7) is 0.815. The molecule has 3 rings (SSSR count). The summed E-state index contributed by atoms with van der Waals surface area (Å²) in [5.41, 5.74) is 0.244. The highest BCUT2D eigenvalue weighted by atomic mass is 16.5. The number of carboxylic acids is 1. The number of carboxylic acid groups (broad SMARTS) is 1. The lowest BCUT2D eigenvalue weighted by atomic mass is 9.79. The average molecular weight is 376 g/mol. The van der Waals surface area contributed by atoms with Crippen LogP contribution in [0, 0.1) is 5.41 Å². The highest BCUT2D eigenvalue weighted by Gasteiger charge is 2.42. The van der Waals surface area contributed by atoms with E-state index in [9.17, 15) is 15.0 Å². The first-order valence-corrected chi connectivity index (χ1v) is 9.18. The number of aliphatic hydroxyl groups excluding tert-OH is 1. The number of benzene rings is 3. The molecule has 4 heteroatoms. The lowest BCUT2D eigenvalue weighted by Crippen LogP contribution is -2.42. The van der Waals surface area contributed by atoms with E-state index >= 15 is 0 Å². The van der Waals surface area contributed by atoms with E-state index in [2.05, 4.69) is 0 Å². The van der Waals surface area contributed by atoms with Gasteiger partial charge in [-0.05, 0) is 23.6 Å². The van der Waals surface area contributed by atoms with Crippen molar-refractivity contribution in [1.82, 2.24) is 0 Å². The molecule has 28 heavy (non-hydrogen) atoms. The lowest BCUT2D eigenvalue weighted by molar-refractivity contribution is -0.158. The first-order chi connectivity index (χ1) is 13.5. The van der Waals surface area contributed by atoms with Crippen LogP contribution in [0.3, 0.4) is 0 Å². The normalized spacial score (nSPS) is 13.6. The summed E-state index contributed by atoms with van der Waals surface area (Å²) in [5, 5.41) is 19.3. The van der Waals surface area contributed by atoms with Crippen molar-refractivity contribution in [3.63, 3.8) is 0 Å². The molecule has 0 saturated heterocycles. The van der Waals surface area contributed by atoms with E-state index in [1.807, 2.05) is 91.0 Å². The highest BCUT2D eigenvalue weighted by Crippen LogP contribution is 2.41. The molecule has 0 fully saturated rings. The molecular weight excluding hydrogens is 352 g/mol. The van der Waals surface area contributed by atoms with Crippen molar-refractivity contribution in [3.05, 3.63) is 108 Å². The van der Waals surface area contributed by atoms with Gasteiger partial charge < -0.3 is 14.9 Å². The van der Waals surface area contributed by atoms with Gasteiger partial charge in [0.25, 0.3) is 0 Å². The van der Waals surface area contributed by atoms with Crippen LogP contribution in [0.4, 0.5) is 0 Å². The summed E-state index contributed by atoms with van der Waals surface area (Å²) in [6, 6.07) is 29.2. The second kappa shape index (κ2) is 8.38. The van der Waals surface area contributed by atoms with Crippen molar-refractivity contribution in [3.8, 4) is 0 Å². The third-order valence-corrected chi connectivity index (χ3v) is 5.01. The molecule has 0 saturated carbocycles. The molecule has 0 amide bonds. The number of aliphatic hydroxyl groups is 1. The molecule has 4 nitrogen and oxygen atoms in total. The highest BCUT2D eigenvalue weighted by molar-refractivity contribution is 5.74. The maximum Gasteiger partial charge on any atom is 0.314 e. The van der Waals surface area contributed by atoms with Gasteiger partial charge in [-0.25, -0.2) is 0 Å². The number of ether oxygens (including phenoxy) is 1. The van der Waals surface area contributed by atoms with Crippen LogP contribution in [-0.4, -0.2) is 29.4 Å². The van der Waals surface area contributed by atoms with E-state index in [-0.39, 0.29) is 6.61 Å². The van der Waals surface area contributed by atoms with E-state index in [1.165, 1.54) is 6.92 Å². The van der Waals surface area contributed by atoms with Crippen LogP contribution in [0.1, 0.15) is 23.6 Å². The Kier molecular flexibility index (Phi) is 5.93. The minimum atomic E-state index is -1.41. The van der Waals surface area contributed by atoms with Crippen molar-refractivity contribution in [1.29, 1.82) is 0 Å². The fourth-order valence-corrected chi connectivity index (χ4v) is 3.21. The molecule has 144 valence electrons. The number of hydrogen-bond acceptors (Lipinski definition) is 3. The second-order valence-corrected chi connectivity index (χ2v) is 7.09. The third kappa shape index (κ3) is 3.70. The van der Waals surface area contributed by atoms with Crippen LogP contribution in [0.15, 0.2) is 91.0 Å². The maximum absolute atomic E-state index is 11.7. The topological polar surface area (TPSA) is 66.8 Å². The molecule has 0 spiro atoms. The zero-order valence-electron chi connectivity index (χ0n) is 15.8. The Bertz CT molecular complexity index is 797. The molecule has 2 N–H and O–H groups in total. The van der Waals surface area contributed by atoms with Gasteiger partial charge in [0.2, 0.25) is 0 Å². The molecule has 0 aliphatic carbocycles. The summed E-state index contributed by atoms with van der Waals surface area (Å²) < 4.78 is 6.46. The van der Waals surface area contributed by atoms with Gasteiger partial charge in [-0.1, -0.05) is 91.0 Å². The Morgan fingerprint density at radius 2 is 1.14 bits per heavy atom. The molecule has 3 aromatic rings. The minimum Gasteiger partial charge on any atom is -0.481 e. The van der Waals surface area contributed by atoms with Gasteiger partial charge in [0, 0.05) is 0 Å². The fraction of sp³-hybridized carbons (Fsp3) is 0.208. The molecule has 0 aliphatic rings. The van der Waals surface area contributed by atoms with Crippen molar-refractivity contribution >= 4 is 5.97 Å². The Morgan fingerprint density at radius 1 is 0.786 bits per heavy atom. The van der Waals surface area contributed by atoms with Crippen molar-refractivity contribution in [2.45, 2.75) is 12.5 Å². The molecule has 3 aromatic carbocycles. The van der Waals surface area contributed by atoms with Gasteiger partial charge in [0.15, 0.2) is 0 Å².